The van der Waals surface area contributed by atoms with Gasteiger partial charge >= 0.3 is 0 Å². The molecule has 1 aromatic carbocycles. The van der Waals surface area contributed by atoms with Crippen LogP contribution in [0, 0.1) is 0 Å². The van der Waals surface area contributed by atoms with E-state index in [1.807, 2.05) is 19.1 Å². The lowest BCUT2D eigenvalue weighted by atomic mass is 10.1. The molecule has 0 saturated heterocycles. The third-order valence-electron chi connectivity index (χ3n) is 3.58. The molecular weight excluding hydrogens is 440 g/mol. The molecule has 1 aliphatic rings. The van der Waals surface area contributed by atoms with Crippen molar-refractivity contribution in [2.24, 2.45) is 0 Å². The molecule has 2 amide bonds. The number of halogens is 1. The number of carbonyl (C=O) groups is 2. The lowest BCUT2D eigenvalue weighted by Crippen LogP contribution is -2.28. The van der Waals surface area contributed by atoms with Crippen LogP contribution in [0.4, 0.5) is 5.69 Å². The molecule has 0 unspecified atom stereocenters. The summed E-state index contributed by atoms with van der Waals surface area (Å²) in [6.45, 7) is 2.49. The van der Waals surface area contributed by atoms with Gasteiger partial charge in [0.15, 0.2) is 0 Å². The number of hydrogen-bond acceptors (Lipinski definition) is 5. The molecule has 2 heterocycles. The van der Waals surface area contributed by atoms with E-state index in [9.17, 15) is 9.59 Å². The Kier molecular flexibility index (Phi) is 6.49. The SMILES string of the molecule is C[C@H]1Sc2ccc(C(=O)NCCSCc3ccc(Br)s3)cc2NC1=O. The summed E-state index contributed by atoms with van der Waals surface area (Å²) in [5.41, 5.74) is 1.29. The van der Waals surface area contributed by atoms with Crippen molar-refractivity contribution in [3.05, 3.63) is 44.6 Å². The first-order valence-corrected chi connectivity index (χ1v) is 11.4. The average Bonchev–Trinajstić information content (AvgIpc) is 3.00. The number of carbonyl (C=O) groups excluding carboxylic acids is 2. The maximum absolute atomic E-state index is 12.3. The molecule has 0 fully saturated rings. The Morgan fingerprint density at radius 1 is 1.36 bits per heavy atom. The zero-order valence-electron chi connectivity index (χ0n) is 13.5. The molecule has 1 atom stereocenters. The summed E-state index contributed by atoms with van der Waals surface area (Å²) in [7, 11) is 0. The number of rotatable bonds is 6. The molecular formula is C17H17BrN2O2S3. The summed E-state index contributed by atoms with van der Waals surface area (Å²) in [4.78, 5) is 26.4. The Bertz CT molecular complexity index is 794. The minimum Gasteiger partial charge on any atom is -0.351 e. The van der Waals surface area contributed by atoms with Crippen molar-refractivity contribution in [3.8, 4) is 0 Å². The molecule has 4 nitrogen and oxygen atoms in total. The molecule has 1 aliphatic heterocycles. The van der Waals surface area contributed by atoms with E-state index in [4.69, 9.17) is 0 Å². The molecule has 25 heavy (non-hydrogen) atoms. The normalized spacial score (nSPS) is 16.2. The van der Waals surface area contributed by atoms with E-state index in [0.29, 0.717) is 12.1 Å². The first-order chi connectivity index (χ1) is 12.0. The van der Waals surface area contributed by atoms with Crippen LogP contribution >= 0.6 is 50.8 Å². The van der Waals surface area contributed by atoms with E-state index in [-0.39, 0.29) is 17.1 Å². The fourth-order valence-corrected chi connectivity index (χ4v) is 5.67. The number of anilines is 1. The quantitative estimate of drug-likeness (QED) is 0.623. The van der Waals surface area contributed by atoms with Gasteiger partial charge < -0.3 is 10.6 Å². The number of thioether (sulfide) groups is 2. The lowest BCUT2D eigenvalue weighted by molar-refractivity contribution is -0.115. The van der Waals surface area contributed by atoms with Crippen LogP contribution in [-0.2, 0) is 10.5 Å². The number of amides is 2. The van der Waals surface area contributed by atoms with Crippen LogP contribution in [0.5, 0.6) is 0 Å². The van der Waals surface area contributed by atoms with E-state index in [1.54, 1.807) is 29.2 Å². The molecule has 0 radical (unpaired) electrons. The predicted molar refractivity (Wildman–Crippen MR) is 111 cm³/mol. The van der Waals surface area contributed by atoms with E-state index in [2.05, 4.69) is 38.7 Å². The fraction of sp³-hybridized carbons (Fsp3) is 0.294. The number of fused-ring (bicyclic) bond motifs is 1. The highest BCUT2D eigenvalue weighted by atomic mass is 79.9. The van der Waals surface area contributed by atoms with Crippen LogP contribution in [0.1, 0.15) is 22.2 Å². The summed E-state index contributed by atoms with van der Waals surface area (Å²) in [6, 6.07) is 9.62. The van der Waals surface area contributed by atoms with Crippen molar-refractivity contribution in [3.63, 3.8) is 0 Å². The third-order valence-corrected chi connectivity index (χ3v) is 7.57. The van der Waals surface area contributed by atoms with Gasteiger partial charge in [0.25, 0.3) is 5.91 Å². The van der Waals surface area contributed by atoms with E-state index >= 15 is 0 Å². The molecule has 0 spiro atoms. The minimum atomic E-state index is -0.111. The van der Waals surface area contributed by atoms with Crippen LogP contribution in [-0.4, -0.2) is 29.4 Å². The summed E-state index contributed by atoms with van der Waals surface area (Å²) in [5, 5.41) is 5.68. The van der Waals surface area contributed by atoms with Crippen LogP contribution in [0.15, 0.2) is 39.0 Å². The lowest BCUT2D eigenvalue weighted by Gasteiger charge is -2.21. The molecule has 2 N–H and O–H groups in total. The highest BCUT2D eigenvalue weighted by Gasteiger charge is 2.23. The minimum absolute atomic E-state index is 0.0216. The van der Waals surface area contributed by atoms with Crippen molar-refractivity contribution in [1.82, 2.24) is 5.32 Å². The Balaban J connectivity index is 1.47. The van der Waals surface area contributed by atoms with Crippen LogP contribution < -0.4 is 10.6 Å². The zero-order valence-corrected chi connectivity index (χ0v) is 17.5. The Hall–Kier alpha value is -0.960. The summed E-state index contributed by atoms with van der Waals surface area (Å²) in [5.74, 6) is 1.68. The smallest absolute Gasteiger partial charge is 0.251 e. The van der Waals surface area contributed by atoms with E-state index in [1.165, 1.54) is 16.6 Å². The molecule has 0 saturated carbocycles. The number of thiophene rings is 1. The summed E-state index contributed by atoms with van der Waals surface area (Å²) in [6.07, 6.45) is 0. The predicted octanol–water partition coefficient (Wildman–Crippen LogP) is 4.61. The van der Waals surface area contributed by atoms with Crippen LogP contribution in [0.2, 0.25) is 0 Å². The van der Waals surface area contributed by atoms with E-state index < -0.39 is 0 Å². The molecule has 132 valence electrons. The number of hydrogen-bond donors (Lipinski definition) is 2. The Morgan fingerprint density at radius 2 is 2.20 bits per heavy atom. The number of nitrogens with one attached hydrogen (secondary N) is 2. The monoisotopic (exact) mass is 456 g/mol. The van der Waals surface area contributed by atoms with Gasteiger partial charge in [-0.3, -0.25) is 9.59 Å². The molecule has 2 aromatic rings. The zero-order chi connectivity index (χ0) is 17.8. The van der Waals surface area contributed by atoms with Gasteiger partial charge in [-0.05, 0) is 53.2 Å². The van der Waals surface area contributed by atoms with Gasteiger partial charge in [0.1, 0.15) is 0 Å². The maximum Gasteiger partial charge on any atom is 0.251 e. The first kappa shape index (κ1) is 18.8. The Labute approximate surface area is 167 Å². The third kappa shape index (κ3) is 5.03. The second-order valence-corrected chi connectivity index (χ2v) is 10.5. The summed E-state index contributed by atoms with van der Waals surface area (Å²) >= 11 is 8.50. The first-order valence-electron chi connectivity index (χ1n) is 7.74. The van der Waals surface area contributed by atoms with Crippen LogP contribution in [0.25, 0.3) is 0 Å². The highest BCUT2D eigenvalue weighted by molar-refractivity contribution is 9.11. The second kappa shape index (κ2) is 8.62. The molecule has 0 bridgehead atoms. The van der Waals surface area contributed by atoms with Gasteiger partial charge in [-0.2, -0.15) is 11.8 Å². The maximum atomic E-state index is 12.3. The van der Waals surface area contributed by atoms with Gasteiger partial charge in [0.05, 0.1) is 14.7 Å². The molecule has 1 aromatic heterocycles. The van der Waals surface area contributed by atoms with Gasteiger partial charge in [-0.15, -0.1) is 23.1 Å². The standard InChI is InChI=1S/C17H17BrN2O2S3/c1-10-16(21)20-13-8-11(2-4-14(13)24-10)17(22)19-6-7-23-9-12-3-5-15(18)25-12/h2-5,8,10H,6-7,9H2,1H3,(H,19,22)(H,20,21)/t10-/m1/s1. The van der Waals surface area contributed by atoms with Crippen LogP contribution in [0.3, 0.4) is 0 Å². The number of benzene rings is 1. The van der Waals surface area contributed by atoms with Gasteiger partial charge in [-0.25, -0.2) is 0 Å². The van der Waals surface area contributed by atoms with Crippen molar-refractivity contribution in [2.45, 2.75) is 22.8 Å². The Morgan fingerprint density at radius 3 is 2.96 bits per heavy atom. The second-order valence-electron chi connectivity index (χ2n) is 5.47. The highest BCUT2D eigenvalue weighted by Crippen LogP contribution is 2.35. The molecule has 8 heteroatoms. The van der Waals surface area contributed by atoms with Gasteiger partial charge in [0.2, 0.25) is 5.91 Å². The largest absolute Gasteiger partial charge is 0.351 e. The molecule has 0 aliphatic carbocycles. The fourth-order valence-electron chi connectivity index (χ4n) is 2.29. The average molecular weight is 457 g/mol. The van der Waals surface area contributed by atoms with Crippen molar-refractivity contribution >= 4 is 68.3 Å². The van der Waals surface area contributed by atoms with Crippen molar-refractivity contribution in [2.75, 3.05) is 17.6 Å². The van der Waals surface area contributed by atoms with E-state index in [0.717, 1.165) is 25.9 Å². The van der Waals surface area contributed by atoms with Gasteiger partial charge in [0, 0.05) is 33.4 Å². The topological polar surface area (TPSA) is 58.2 Å². The van der Waals surface area contributed by atoms with Gasteiger partial charge in [-0.1, -0.05) is 0 Å². The summed E-state index contributed by atoms with van der Waals surface area (Å²) < 4.78 is 1.14. The van der Waals surface area contributed by atoms with Crippen molar-refractivity contribution in [1.29, 1.82) is 0 Å². The van der Waals surface area contributed by atoms with Crippen molar-refractivity contribution < 1.29 is 9.59 Å². The molecule has 3 rings (SSSR count).